The summed E-state index contributed by atoms with van der Waals surface area (Å²) in [6.45, 7) is 0.815. The molecule has 0 unspecified atom stereocenters. The highest BCUT2D eigenvalue weighted by Gasteiger charge is 2.20. The Morgan fingerprint density at radius 2 is 1.76 bits per heavy atom. The van der Waals surface area contributed by atoms with Gasteiger partial charge in [-0.15, -0.1) is 0 Å². The summed E-state index contributed by atoms with van der Waals surface area (Å²) in [5.74, 6) is 2.29. The monoisotopic (exact) mass is 441 g/mol. The molecule has 0 bridgehead atoms. The topological polar surface area (TPSA) is 84.1 Å². The number of benzene rings is 2. The van der Waals surface area contributed by atoms with Crippen molar-refractivity contribution in [1.82, 2.24) is 20.5 Å². The number of rotatable bonds is 9. The zero-order valence-corrected chi connectivity index (χ0v) is 18.8. The van der Waals surface area contributed by atoms with E-state index in [1.165, 1.54) is 12.8 Å². The van der Waals surface area contributed by atoms with Gasteiger partial charge in [0.05, 0.1) is 37.5 Å². The minimum absolute atomic E-state index is 0.680. The summed E-state index contributed by atoms with van der Waals surface area (Å²) >= 11 is 0. The van der Waals surface area contributed by atoms with Crippen molar-refractivity contribution in [2.24, 2.45) is 0 Å². The number of aromatic amines is 1. The van der Waals surface area contributed by atoms with Crippen LogP contribution in [0.3, 0.4) is 0 Å². The molecular weight excluding hydrogens is 414 g/mol. The number of anilines is 2. The number of aromatic nitrogens is 3. The van der Waals surface area contributed by atoms with Crippen LogP contribution in [0.25, 0.3) is 22.4 Å². The van der Waals surface area contributed by atoms with E-state index in [1.807, 2.05) is 42.6 Å². The number of H-pyrrole nitrogens is 1. The Bertz CT molecular complexity index is 1210. The van der Waals surface area contributed by atoms with Crippen LogP contribution in [-0.2, 0) is 6.54 Å². The minimum Gasteiger partial charge on any atom is -0.497 e. The van der Waals surface area contributed by atoms with E-state index >= 15 is 0 Å². The zero-order chi connectivity index (χ0) is 22.6. The first kappa shape index (κ1) is 21.0. The summed E-state index contributed by atoms with van der Waals surface area (Å²) in [5.41, 5.74) is 6.02. The standard InChI is InChI=1S/C26H27N5O2/c1-32-22-11-12-23(25(13-22)33-2)17-3-5-18(6-4-17)24-14-26(31-30-24)29-21-10-9-20(28-16-21)15-27-19-7-8-19/h3-6,9-14,16,19,27H,7-8,15H2,1-2H3,(H2,29,30,31). The molecule has 1 aliphatic rings. The summed E-state index contributed by atoms with van der Waals surface area (Å²) in [4.78, 5) is 4.52. The van der Waals surface area contributed by atoms with E-state index in [1.54, 1.807) is 14.2 Å². The number of methoxy groups -OCH3 is 2. The van der Waals surface area contributed by atoms with Gasteiger partial charge in [0.25, 0.3) is 0 Å². The lowest BCUT2D eigenvalue weighted by atomic mass is 10.0. The Morgan fingerprint density at radius 3 is 2.45 bits per heavy atom. The quantitative estimate of drug-likeness (QED) is 0.333. The number of nitrogens with one attached hydrogen (secondary N) is 3. The predicted octanol–water partition coefficient (Wildman–Crippen LogP) is 5.15. The summed E-state index contributed by atoms with van der Waals surface area (Å²) < 4.78 is 10.8. The van der Waals surface area contributed by atoms with E-state index in [4.69, 9.17) is 9.47 Å². The largest absolute Gasteiger partial charge is 0.497 e. The second kappa shape index (κ2) is 9.34. The van der Waals surface area contributed by atoms with Gasteiger partial charge in [-0.1, -0.05) is 24.3 Å². The molecule has 0 aliphatic heterocycles. The van der Waals surface area contributed by atoms with Crippen LogP contribution in [0.1, 0.15) is 18.5 Å². The van der Waals surface area contributed by atoms with Gasteiger partial charge in [-0.25, -0.2) is 0 Å². The normalized spacial score (nSPS) is 13.0. The van der Waals surface area contributed by atoms with Gasteiger partial charge >= 0.3 is 0 Å². The summed E-state index contributed by atoms with van der Waals surface area (Å²) in [5, 5.41) is 14.3. The second-order valence-corrected chi connectivity index (χ2v) is 8.13. The van der Waals surface area contributed by atoms with Gasteiger partial charge in [-0.05, 0) is 48.2 Å². The molecule has 2 heterocycles. The fourth-order valence-electron chi connectivity index (χ4n) is 3.69. The first-order valence-electron chi connectivity index (χ1n) is 11.1. The summed E-state index contributed by atoms with van der Waals surface area (Å²) in [7, 11) is 3.32. The lowest BCUT2D eigenvalue weighted by Crippen LogP contribution is -2.16. The van der Waals surface area contributed by atoms with Gasteiger partial charge in [0.2, 0.25) is 0 Å². The molecule has 1 aliphatic carbocycles. The van der Waals surface area contributed by atoms with Crippen LogP contribution in [0.15, 0.2) is 66.9 Å². The fraction of sp³-hybridized carbons (Fsp3) is 0.231. The van der Waals surface area contributed by atoms with E-state index in [0.29, 0.717) is 6.04 Å². The molecular formula is C26H27N5O2. The maximum atomic E-state index is 5.54. The van der Waals surface area contributed by atoms with Gasteiger partial charge < -0.3 is 20.1 Å². The van der Waals surface area contributed by atoms with Crippen LogP contribution >= 0.6 is 0 Å². The molecule has 0 radical (unpaired) electrons. The van der Waals surface area contributed by atoms with Gasteiger partial charge in [-0.2, -0.15) is 5.10 Å². The van der Waals surface area contributed by atoms with E-state index in [-0.39, 0.29) is 0 Å². The molecule has 0 atom stereocenters. The molecule has 5 rings (SSSR count). The molecule has 7 nitrogen and oxygen atoms in total. The number of hydrogen-bond donors (Lipinski definition) is 3. The second-order valence-electron chi connectivity index (χ2n) is 8.13. The fourth-order valence-corrected chi connectivity index (χ4v) is 3.69. The molecule has 2 aromatic heterocycles. The molecule has 1 saturated carbocycles. The van der Waals surface area contributed by atoms with Gasteiger partial charge in [-0.3, -0.25) is 10.1 Å². The first-order valence-corrected chi connectivity index (χ1v) is 11.1. The van der Waals surface area contributed by atoms with Crippen molar-refractivity contribution < 1.29 is 9.47 Å². The van der Waals surface area contributed by atoms with Crippen molar-refractivity contribution >= 4 is 11.5 Å². The van der Waals surface area contributed by atoms with Crippen LogP contribution in [-0.4, -0.2) is 35.4 Å². The maximum Gasteiger partial charge on any atom is 0.152 e. The lowest BCUT2D eigenvalue weighted by molar-refractivity contribution is 0.395. The Morgan fingerprint density at radius 1 is 0.939 bits per heavy atom. The molecule has 4 aromatic rings. The Kier molecular flexibility index (Phi) is 5.95. The average Bonchev–Trinajstić information content (AvgIpc) is 3.59. The number of hydrogen-bond acceptors (Lipinski definition) is 6. The molecule has 3 N–H and O–H groups in total. The molecule has 0 saturated heterocycles. The Labute approximate surface area is 193 Å². The molecule has 0 spiro atoms. The lowest BCUT2D eigenvalue weighted by Gasteiger charge is -2.11. The van der Waals surface area contributed by atoms with E-state index in [9.17, 15) is 0 Å². The molecule has 2 aromatic carbocycles. The number of nitrogens with zero attached hydrogens (tertiary/aromatic N) is 2. The third kappa shape index (κ3) is 4.99. The summed E-state index contributed by atoms with van der Waals surface area (Å²) in [6.07, 6.45) is 4.40. The van der Waals surface area contributed by atoms with Crippen LogP contribution in [0.4, 0.5) is 11.5 Å². The van der Waals surface area contributed by atoms with Crippen molar-refractivity contribution in [3.05, 3.63) is 72.6 Å². The zero-order valence-electron chi connectivity index (χ0n) is 18.8. The Hall–Kier alpha value is -3.84. The highest BCUT2D eigenvalue weighted by atomic mass is 16.5. The van der Waals surface area contributed by atoms with E-state index < -0.39 is 0 Å². The van der Waals surface area contributed by atoms with E-state index in [0.717, 1.165) is 57.6 Å². The van der Waals surface area contributed by atoms with Crippen LogP contribution in [0.2, 0.25) is 0 Å². The first-order chi connectivity index (χ1) is 16.2. The van der Waals surface area contributed by atoms with Crippen molar-refractivity contribution in [3.63, 3.8) is 0 Å². The van der Waals surface area contributed by atoms with Gasteiger partial charge in [0.1, 0.15) is 11.5 Å². The van der Waals surface area contributed by atoms with Crippen LogP contribution < -0.4 is 20.1 Å². The van der Waals surface area contributed by atoms with Crippen LogP contribution in [0, 0.1) is 0 Å². The van der Waals surface area contributed by atoms with Crippen LogP contribution in [0.5, 0.6) is 11.5 Å². The third-order valence-corrected chi connectivity index (χ3v) is 5.74. The Balaban J connectivity index is 1.26. The van der Waals surface area contributed by atoms with Gasteiger partial charge in [0.15, 0.2) is 5.82 Å². The average molecular weight is 442 g/mol. The molecule has 7 heteroatoms. The molecule has 0 amide bonds. The number of pyridine rings is 1. The highest BCUT2D eigenvalue weighted by molar-refractivity contribution is 5.75. The summed E-state index contributed by atoms with van der Waals surface area (Å²) in [6, 6.07) is 20.9. The minimum atomic E-state index is 0.680. The number of ether oxygens (including phenoxy) is 2. The highest BCUT2D eigenvalue weighted by Crippen LogP contribution is 2.34. The van der Waals surface area contributed by atoms with Gasteiger partial charge in [0, 0.05) is 30.3 Å². The predicted molar refractivity (Wildman–Crippen MR) is 130 cm³/mol. The molecule has 168 valence electrons. The molecule has 1 fully saturated rings. The SMILES string of the molecule is COc1ccc(-c2ccc(-c3cc(Nc4ccc(CNC5CC5)nc4)n[nH]3)cc2)c(OC)c1. The smallest absolute Gasteiger partial charge is 0.152 e. The van der Waals surface area contributed by atoms with E-state index in [2.05, 4.69) is 50.1 Å². The van der Waals surface area contributed by atoms with Crippen molar-refractivity contribution in [1.29, 1.82) is 0 Å². The maximum absolute atomic E-state index is 5.54. The van der Waals surface area contributed by atoms with Crippen molar-refractivity contribution in [2.45, 2.75) is 25.4 Å². The molecule has 33 heavy (non-hydrogen) atoms. The van der Waals surface area contributed by atoms with Crippen molar-refractivity contribution in [3.8, 4) is 33.9 Å². The van der Waals surface area contributed by atoms with Crippen molar-refractivity contribution in [2.75, 3.05) is 19.5 Å². The third-order valence-electron chi connectivity index (χ3n) is 5.74.